The van der Waals surface area contributed by atoms with E-state index in [9.17, 15) is 14.7 Å². The second-order valence-electron chi connectivity index (χ2n) is 2.44. The summed E-state index contributed by atoms with van der Waals surface area (Å²) < 4.78 is 0. The second-order valence-corrected chi connectivity index (χ2v) is 2.44. The van der Waals surface area contributed by atoms with E-state index in [0.29, 0.717) is 12.0 Å². The van der Waals surface area contributed by atoms with Crippen molar-refractivity contribution in [3.63, 3.8) is 0 Å². The number of hydrogen-bond donors (Lipinski definition) is 1. The molecule has 1 aromatic carbocycles. The molecular weight excluding hydrogens is 170 g/mol. The van der Waals surface area contributed by atoms with E-state index in [1.54, 1.807) is 0 Å². The lowest BCUT2D eigenvalue weighted by Gasteiger charge is -2.01. The summed E-state index contributed by atoms with van der Waals surface area (Å²) in [6, 6.07) is 5.67. The summed E-state index contributed by atoms with van der Waals surface area (Å²) >= 11 is 0. The third-order valence-electron chi connectivity index (χ3n) is 1.41. The lowest BCUT2D eigenvalue weighted by molar-refractivity contribution is -0.119. The van der Waals surface area contributed by atoms with Gasteiger partial charge >= 0.3 is 0 Å². The van der Waals surface area contributed by atoms with Gasteiger partial charge in [0.1, 0.15) is 6.29 Å². The number of aldehydes is 1. The molecule has 0 spiro atoms. The van der Waals surface area contributed by atoms with Crippen LogP contribution in [0.3, 0.4) is 0 Å². The molecule has 1 amide bonds. The van der Waals surface area contributed by atoms with Gasteiger partial charge < -0.3 is 10.1 Å². The van der Waals surface area contributed by atoms with Crippen molar-refractivity contribution in [2.24, 2.45) is 0 Å². The summed E-state index contributed by atoms with van der Waals surface area (Å²) in [6.07, 6.45) is 0.358. The van der Waals surface area contributed by atoms with E-state index < -0.39 is 0 Å². The highest BCUT2D eigenvalue weighted by atomic mass is 16.3. The van der Waals surface area contributed by atoms with Gasteiger partial charge in [-0.15, -0.1) is 0 Å². The van der Waals surface area contributed by atoms with Crippen molar-refractivity contribution >= 4 is 17.9 Å². The summed E-state index contributed by atoms with van der Waals surface area (Å²) in [5, 5.41) is 13.1. The lowest BCUT2D eigenvalue weighted by atomic mass is 10.3. The highest BCUT2D eigenvalue weighted by molar-refractivity contribution is 5.97. The van der Waals surface area contributed by atoms with Gasteiger partial charge in [-0.1, -0.05) is 0 Å². The van der Waals surface area contributed by atoms with E-state index in [0.717, 1.165) is 0 Å². The van der Waals surface area contributed by atoms with Crippen molar-refractivity contribution in [3.8, 4) is 5.75 Å². The average Bonchev–Trinajstić information content (AvgIpc) is 2.09. The zero-order valence-electron chi connectivity index (χ0n) is 6.82. The van der Waals surface area contributed by atoms with Gasteiger partial charge in [0, 0.05) is 5.69 Å². The number of rotatable bonds is 3. The minimum Gasteiger partial charge on any atom is -0.326 e. The molecule has 0 saturated heterocycles. The third-order valence-corrected chi connectivity index (χ3v) is 1.41. The number of carbonyl (C=O) groups excluding carboxylic acids is 2. The van der Waals surface area contributed by atoms with Gasteiger partial charge in [0.2, 0.25) is 5.91 Å². The molecule has 0 saturated carbocycles. The highest BCUT2D eigenvalue weighted by Crippen LogP contribution is 2.14. The number of carbonyl (C=O) groups is 2. The van der Waals surface area contributed by atoms with E-state index >= 15 is 0 Å². The molecule has 1 N–H and O–H groups in total. The summed E-state index contributed by atoms with van der Waals surface area (Å²) in [5.41, 5.74) is 0.520. The highest BCUT2D eigenvalue weighted by Gasteiger charge is 2.00. The van der Waals surface area contributed by atoms with Crippen LogP contribution in [0.25, 0.3) is 0 Å². The quantitative estimate of drug-likeness (QED) is 0.560. The molecule has 1 radical (unpaired) electrons. The zero-order chi connectivity index (χ0) is 9.68. The van der Waals surface area contributed by atoms with Gasteiger partial charge in [-0.05, 0) is 24.3 Å². The normalized spacial score (nSPS) is 9.23. The van der Waals surface area contributed by atoms with Crippen LogP contribution in [0, 0.1) is 0 Å². The first-order chi connectivity index (χ1) is 6.22. The van der Waals surface area contributed by atoms with Crippen molar-refractivity contribution in [1.82, 2.24) is 0 Å². The zero-order valence-corrected chi connectivity index (χ0v) is 6.82. The molecule has 4 heteroatoms. The molecule has 67 valence electrons. The van der Waals surface area contributed by atoms with Crippen LogP contribution in [0.1, 0.15) is 6.42 Å². The first kappa shape index (κ1) is 9.25. The van der Waals surface area contributed by atoms with E-state index in [-0.39, 0.29) is 18.1 Å². The Morgan fingerprint density at radius 1 is 1.31 bits per heavy atom. The number of amides is 1. The van der Waals surface area contributed by atoms with Crippen LogP contribution in [0.5, 0.6) is 5.75 Å². The predicted molar refractivity (Wildman–Crippen MR) is 45.9 cm³/mol. The molecule has 4 nitrogen and oxygen atoms in total. The van der Waals surface area contributed by atoms with Crippen LogP contribution in [0.2, 0.25) is 0 Å². The Bertz CT molecular complexity index is 305. The topological polar surface area (TPSA) is 66.1 Å². The average molecular weight is 178 g/mol. The Morgan fingerprint density at radius 3 is 2.46 bits per heavy atom. The number of anilines is 1. The van der Waals surface area contributed by atoms with Gasteiger partial charge in [0.05, 0.1) is 6.42 Å². The van der Waals surface area contributed by atoms with Gasteiger partial charge in [0.15, 0.2) is 5.75 Å². The molecular formula is C9H8NO3. The molecule has 0 atom stereocenters. The summed E-state index contributed by atoms with van der Waals surface area (Å²) in [5.74, 6) is -0.498. The molecule has 0 bridgehead atoms. The van der Waals surface area contributed by atoms with Crippen molar-refractivity contribution in [2.75, 3.05) is 5.32 Å². The summed E-state index contributed by atoms with van der Waals surface area (Å²) in [6.45, 7) is 0. The van der Waals surface area contributed by atoms with E-state index in [1.165, 1.54) is 24.3 Å². The standard InChI is InChI=1S/C9H8NO3/c11-6-5-9(13)10-7-1-3-8(12)4-2-7/h1-4,6H,5H2,(H,10,13). The summed E-state index contributed by atoms with van der Waals surface area (Å²) in [4.78, 5) is 20.8. The Labute approximate surface area is 75.2 Å². The fourth-order valence-corrected chi connectivity index (χ4v) is 0.826. The Hall–Kier alpha value is -1.84. The molecule has 13 heavy (non-hydrogen) atoms. The molecule has 0 unspecified atom stereocenters. The minimum atomic E-state index is -0.381. The molecule has 0 aliphatic carbocycles. The second kappa shape index (κ2) is 4.25. The Kier molecular flexibility index (Phi) is 3.03. The van der Waals surface area contributed by atoms with Crippen LogP contribution in [0.4, 0.5) is 5.69 Å². The van der Waals surface area contributed by atoms with E-state index in [1.807, 2.05) is 0 Å². The molecule has 0 aromatic heterocycles. The Balaban J connectivity index is 2.59. The first-order valence-electron chi connectivity index (χ1n) is 3.73. The van der Waals surface area contributed by atoms with Crippen molar-refractivity contribution in [1.29, 1.82) is 0 Å². The number of hydrogen-bond acceptors (Lipinski definition) is 2. The lowest BCUT2D eigenvalue weighted by Crippen LogP contribution is -2.11. The fourth-order valence-electron chi connectivity index (χ4n) is 0.826. The van der Waals surface area contributed by atoms with Gasteiger partial charge in [-0.2, -0.15) is 0 Å². The number of nitrogens with one attached hydrogen (secondary N) is 1. The minimum absolute atomic E-state index is 0.117. The van der Waals surface area contributed by atoms with Crippen molar-refractivity contribution in [3.05, 3.63) is 24.3 Å². The van der Waals surface area contributed by atoms with Gasteiger partial charge in [-0.3, -0.25) is 9.90 Å². The van der Waals surface area contributed by atoms with Crippen LogP contribution in [0.15, 0.2) is 24.3 Å². The maximum absolute atomic E-state index is 10.9. The smallest absolute Gasteiger partial charge is 0.231 e. The van der Waals surface area contributed by atoms with Gasteiger partial charge in [0.25, 0.3) is 0 Å². The number of benzene rings is 1. The third kappa shape index (κ3) is 2.94. The molecule has 1 aromatic rings. The van der Waals surface area contributed by atoms with Crippen LogP contribution >= 0.6 is 0 Å². The van der Waals surface area contributed by atoms with Crippen molar-refractivity contribution < 1.29 is 14.7 Å². The molecule has 0 heterocycles. The fraction of sp³-hybridized carbons (Fsp3) is 0.111. The molecule has 1 rings (SSSR count). The van der Waals surface area contributed by atoms with Gasteiger partial charge in [-0.25, -0.2) is 0 Å². The van der Waals surface area contributed by atoms with Crippen LogP contribution in [-0.2, 0) is 14.7 Å². The molecule has 0 fully saturated rings. The SMILES string of the molecule is [O]c1ccc(NC(=O)CC=O)cc1. The largest absolute Gasteiger partial charge is 0.326 e. The van der Waals surface area contributed by atoms with E-state index in [2.05, 4.69) is 5.32 Å². The monoisotopic (exact) mass is 178 g/mol. The van der Waals surface area contributed by atoms with E-state index in [4.69, 9.17) is 0 Å². The van der Waals surface area contributed by atoms with Crippen molar-refractivity contribution in [2.45, 2.75) is 6.42 Å². The molecule has 0 aliphatic rings. The maximum Gasteiger partial charge on any atom is 0.231 e. The van der Waals surface area contributed by atoms with Crippen LogP contribution in [-0.4, -0.2) is 12.2 Å². The first-order valence-corrected chi connectivity index (χ1v) is 3.73. The van der Waals surface area contributed by atoms with Crippen LogP contribution < -0.4 is 5.32 Å². The summed E-state index contributed by atoms with van der Waals surface area (Å²) in [7, 11) is 0. The predicted octanol–water partition coefficient (Wildman–Crippen LogP) is 1.36. The maximum atomic E-state index is 10.9. The Morgan fingerprint density at radius 2 is 1.92 bits per heavy atom. The molecule has 0 aliphatic heterocycles.